The van der Waals surface area contributed by atoms with Gasteiger partial charge in [0.25, 0.3) is 0 Å². The number of aliphatic imine (C=N–C) groups is 1. The van der Waals surface area contributed by atoms with Gasteiger partial charge >= 0.3 is 5.97 Å². The lowest BCUT2D eigenvalue weighted by Crippen LogP contribution is -2.49. The first kappa shape index (κ1) is 19.9. The Morgan fingerprint density at radius 3 is 2.61 bits per heavy atom. The molecule has 0 spiro atoms. The minimum absolute atomic E-state index is 0.00278. The highest BCUT2D eigenvalue weighted by Gasteiger charge is 2.59. The second-order valence-corrected chi connectivity index (χ2v) is 15.1. The Hall–Kier alpha value is -1.36. The minimum atomic E-state index is -1.66. The second kappa shape index (κ2) is 6.58. The topological polar surface area (TPSA) is 47.9 Å². The van der Waals surface area contributed by atoms with Crippen molar-refractivity contribution in [3.05, 3.63) is 23.9 Å². The molecule has 0 aromatic rings. The Bertz CT molecular complexity index is 764. The second-order valence-electron chi connectivity index (χ2n) is 10.7. The Balaban J connectivity index is 1.62. The van der Waals surface area contributed by atoms with E-state index in [2.05, 4.69) is 51.7 Å². The Morgan fingerprint density at radius 2 is 1.93 bits per heavy atom. The monoisotopic (exact) mass is 401 g/mol. The number of dihydropyridines is 1. The molecule has 4 rings (SSSR count). The molecule has 2 fully saturated rings. The zero-order chi connectivity index (χ0) is 20.3. The Labute approximate surface area is 170 Å². The molecule has 28 heavy (non-hydrogen) atoms. The first-order chi connectivity index (χ1) is 13.1. The molecule has 0 N–H and O–H groups in total. The van der Waals surface area contributed by atoms with Crippen molar-refractivity contribution in [3.63, 3.8) is 0 Å². The third-order valence-electron chi connectivity index (χ3n) is 8.04. The van der Waals surface area contributed by atoms with Gasteiger partial charge in [-0.15, -0.1) is 0 Å². The number of methoxy groups -OCH3 is 1. The summed E-state index contributed by atoms with van der Waals surface area (Å²) in [7, 11) is -0.129. The highest BCUT2D eigenvalue weighted by atomic mass is 28.4. The van der Waals surface area contributed by atoms with E-state index in [1.54, 1.807) is 0 Å². The molecule has 1 aliphatic heterocycles. The van der Waals surface area contributed by atoms with E-state index < -0.39 is 8.32 Å². The van der Waals surface area contributed by atoms with E-state index in [9.17, 15) is 4.79 Å². The van der Waals surface area contributed by atoms with Crippen LogP contribution in [0.5, 0.6) is 0 Å². The number of nitrogens with zero attached hydrogens (tertiary/aromatic N) is 1. The van der Waals surface area contributed by atoms with Crippen LogP contribution in [-0.2, 0) is 14.0 Å². The van der Waals surface area contributed by atoms with Gasteiger partial charge in [-0.05, 0) is 81.0 Å². The van der Waals surface area contributed by atoms with E-state index in [1.807, 2.05) is 0 Å². The molecule has 0 aromatic carbocycles. The minimum Gasteiger partial charge on any atom is -0.531 e. The molecule has 2 saturated carbocycles. The van der Waals surface area contributed by atoms with Crippen molar-refractivity contribution < 1.29 is 14.0 Å². The molecule has 0 saturated heterocycles. The number of fused-ring (bicyclic) bond motifs is 5. The van der Waals surface area contributed by atoms with Crippen molar-refractivity contribution in [2.45, 2.75) is 65.6 Å². The van der Waals surface area contributed by atoms with Gasteiger partial charge in [-0.2, -0.15) is 0 Å². The standard InChI is InChI=1S/C23H35NO3Si/c1-22-13-11-17-15(16(22)8-9-18(22)21(25)26-3)7-10-19-23(17,2)14-12-20(24-19)27-28(4,5)6/h10,12,14-18H,7-9,11,13H2,1-6H3/t15-,16-,17-,18+,22-,23+/m0/s1. The lowest BCUT2D eigenvalue weighted by molar-refractivity contribution is -0.152. The Kier molecular flexibility index (Phi) is 4.68. The van der Waals surface area contributed by atoms with Crippen LogP contribution in [0.4, 0.5) is 0 Å². The van der Waals surface area contributed by atoms with Gasteiger partial charge in [0.2, 0.25) is 8.32 Å². The Morgan fingerprint density at radius 1 is 1.18 bits per heavy atom. The van der Waals surface area contributed by atoms with Crippen LogP contribution in [0.15, 0.2) is 28.9 Å². The average molecular weight is 402 g/mol. The van der Waals surface area contributed by atoms with E-state index in [0.717, 1.165) is 38.0 Å². The van der Waals surface area contributed by atoms with Gasteiger partial charge in [0.05, 0.1) is 18.7 Å². The van der Waals surface area contributed by atoms with Crippen LogP contribution in [-0.4, -0.2) is 27.3 Å². The van der Waals surface area contributed by atoms with Gasteiger partial charge in [-0.3, -0.25) is 4.79 Å². The number of esters is 1. The maximum absolute atomic E-state index is 12.4. The molecule has 0 bridgehead atoms. The molecule has 0 aromatic heterocycles. The number of carbonyl (C=O) groups is 1. The third-order valence-corrected chi connectivity index (χ3v) is 8.86. The van der Waals surface area contributed by atoms with Crippen LogP contribution in [0.1, 0.15) is 46.0 Å². The van der Waals surface area contributed by atoms with Crippen molar-refractivity contribution in [1.82, 2.24) is 0 Å². The van der Waals surface area contributed by atoms with Crippen molar-refractivity contribution in [2.24, 2.45) is 39.5 Å². The maximum atomic E-state index is 12.4. The zero-order valence-corrected chi connectivity index (χ0v) is 19.2. The molecule has 154 valence electrons. The van der Waals surface area contributed by atoms with Crippen LogP contribution in [0.25, 0.3) is 0 Å². The van der Waals surface area contributed by atoms with Gasteiger partial charge in [0.1, 0.15) is 0 Å². The predicted octanol–water partition coefficient (Wildman–Crippen LogP) is 5.33. The SMILES string of the molecule is COC(=O)[C@H]1CC[C@H]2[C@@H]3CC=C4N=C(O[Si](C)(C)C)C=C[C@]4(C)[C@H]3CC[C@]12C. The molecule has 6 atom stereocenters. The molecular weight excluding hydrogens is 366 g/mol. The maximum Gasteiger partial charge on any atom is 0.309 e. The van der Waals surface area contributed by atoms with Crippen molar-refractivity contribution in [1.29, 1.82) is 0 Å². The van der Waals surface area contributed by atoms with Gasteiger partial charge in [0.15, 0.2) is 5.90 Å². The average Bonchev–Trinajstić information content (AvgIpc) is 2.97. The number of rotatable bonds is 2. The zero-order valence-electron chi connectivity index (χ0n) is 18.2. The van der Waals surface area contributed by atoms with E-state index >= 15 is 0 Å². The van der Waals surface area contributed by atoms with Crippen LogP contribution >= 0.6 is 0 Å². The summed E-state index contributed by atoms with van der Waals surface area (Å²) in [6, 6.07) is 0. The van der Waals surface area contributed by atoms with E-state index in [1.165, 1.54) is 12.8 Å². The summed E-state index contributed by atoms with van der Waals surface area (Å²) in [5.41, 5.74) is 1.26. The number of carbonyl (C=O) groups excluding carboxylic acids is 1. The fourth-order valence-corrected chi connectivity index (χ4v) is 7.43. The molecule has 5 heteroatoms. The van der Waals surface area contributed by atoms with Crippen LogP contribution in [0.2, 0.25) is 19.6 Å². The first-order valence-corrected chi connectivity index (χ1v) is 14.2. The van der Waals surface area contributed by atoms with Gasteiger partial charge < -0.3 is 9.16 Å². The summed E-state index contributed by atoms with van der Waals surface area (Å²) in [4.78, 5) is 17.3. The molecule has 0 amide bonds. The summed E-state index contributed by atoms with van der Waals surface area (Å²) >= 11 is 0. The summed E-state index contributed by atoms with van der Waals surface area (Å²) in [5, 5.41) is 0. The number of ether oxygens (including phenoxy) is 1. The van der Waals surface area contributed by atoms with Gasteiger partial charge in [-0.1, -0.05) is 26.0 Å². The number of hydrogen-bond donors (Lipinski definition) is 0. The molecule has 0 radical (unpaired) electrons. The van der Waals surface area contributed by atoms with Crippen molar-refractivity contribution >= 4 is 20.2 Å². The fraction of sp³-hybridized carbons (Fsp3) is 0.739. The summed E-state index contributed by atoms with van der Waals surface area (Å²) in [6.07, 6.45) is 12.3. The largest absolute Gasteiger partial charge is 0.531 e. The lowest BCUT2D eigenvalue weighted by Gasteiger charge is -2.55. The number of hydrogen-bond acceptors (Lipinski definition) is 4. The van der Waals surface area contributed by atoms with E-state index in [-0.39, 0.29) is 22.7 Å². The van der Waals surface area contributed by atoms with Crippen molar-refractivity contribution in [2.75, 3.05) is 7.11 Å². The molecule has 1 heterocycles. The fourth-order valence-electron chi connectivity index (χ4n) is 6.69. The number of allylic oxidation sites excluding steroid dienone is 2. The quantitative estimate of drug-likeness (QED) is 0.464. The highest BCUT2D eigenvalue weighted by Crippen LogP contribution is 2.65. The molecular formula is C23H35NO3Si. The predicted molar refractivity (Wildman–Crippen MR) is 114 cm³/mol. The smallest absolute Gasteiger partial charge is 0.309 e. The summed E-state index contributed by atoms with van der Waals surface area (Å²) in [6.45, 7) is 11.3. The summed E-state index contributed by atoms with van der Waals surface area (Å²) in [5.74, 6) is 2.67. The van der Waals surface area contributed by atoms with E-state index in [0.29, 0.717) is 17.8 Å². The summed E-state index contributed by atoms with van der Waals surface area (Å²) < 4.78 is 11.3. The van der Waals surface area contributed by atoms with Crippen LogP contribution in [0, 0.1) is 34.5 Å². The molecule has 4 nitrogen and oxygen atoms in total. The van der Waals surface area contributed by atoms with Gasteiger partial charge in [0, 0.05) is 5.41 Å². The molecule has 0 unspecified atom stereocenters. The highest BCUT2D eigenvalue weighted by molar-refractivity contribution is 6.71. The van der Waals surface area contributed by atoms with Crippen LogP contribution < -0.4 is 0 Å². The normalized spacial score (nSPS) is 41.9. The first-order valence-electron chi connectivity index (χ1n) is 10.8. The lowest BCUT2D eigenvalue weighted by atomic mass is 9.50. The van der Waals surface area contributed by atoms with E-state index in [4.69, 9.17) is 14.2 Å². The molecule has 3 aliphatic carbocycles. The van der Waals surface area contributed by atoms with Crippen LogP contribution in [0.3, 0.4) is 0 Å². The molecule has 4 aliphatic rings. The van der Waals surface area contributed by atoms with Crippen molar-refractivity contribution in [3.8, 4) is 0 Å². The third kappa shape index (κ3) is 3.01. The van der Waals surface area contributed by atoms with Gasteiger partial charge in [-0.25, -0.2) is 4.99 Å².